The third-order valence-corrected chi connectivity index (χ3v) is 7.24. The number of aromatic hydroxyl groups is 1. The molecular weight excluding hydrogens is 473 g/mol. The smallest absolute Gasteiger partial charge is 0.179 e. The minimum absolute atomic E-state index is 0.101. The summed E-state index contributed by atoms with van der Waals surface area (Å²) >= 11 is 18.2. The second kappa shape index (κ2) is 9.28. The van der Waals surface area contributed by atoms with Crippen molar-refractivity contribution in [2.75, 3.05) is 4.90 Å². The van der Waals surface area contributed by atoms with Crippen molar-refractivity contribution in [3.63, 3.8) is 0 Å². The Morgan fingerprint density at radius 3 is 2.52 bits per heavy atom. The molecule has 1 heterocycles. The Bertz CT molecular complexity index is 1120. The monoisotopic (exact) mass is 501 g/mol. The van der Waals surface area contributed by atoms with Crippen molar-refractivity contribution < 1.29 is 5.11 Å². The van der Waals surface area contributed by atoms with Crippen molar-refractivity contribution in [3.05, 3.63) is 64.1 Å². The van der Waals surface area contributed by atoms with Gasteiger partial charge in [0.1, 0.15) is 17.1 Å². The van der Waals surface area contributed by atoms with E-state index in [1.54, 1.807) is 18.2 Å². The van der Waals surface area contributed by atoms with Gasteiger partial charge >= 0.3 is 0 Å². The van der Waals surface area contributed by atoms with E-state index >= 15 is 0 Å². The van der Waals surface area contributed by atoms with Gasteiger partial charge in [0.05, 0.1) is 6.04 Å². The van der Waals surface area contributed by atoms with Crippen molar-refractivity contribution in [3.8, 4) is 5.75 Å². The van der Waals surface area contributed by atoms with Crippen LogP contribution in [0.2, 0.25) is 10.0 Å². The summed E-state index contributed by atoms with van der Waals surface area (Å²) < 4.78 is 0. The number of phenolic OH excluding ortho intramolecular Hbond substituents is 1. The molecule has 7 heteroatoms. The Labute approximate surface area is 211 Å². The molecule has 1 saturated carbocycles. The maximum Gasteiger partial charge on any atom is 0.179 e. The summed E-state index contributed by atoms with van der Waals surface area (Å²) in [5, 5.41) is 15.4. The number of nitrogens with one attached hydrogen (secondary N) is 1. The number of halogens is 2. The number of amidine groups is 1. The minimum Gasteiger partial charge on any atom is -0.508 e. The summed E-state index contributed by atoms with van der Waals surface area (Å²) in [6.07, 6.45) is 8.24. The number of hydrogen-bond donors (Lipinski definition) is 2. The maximum atomic E-state index is 10.1. The number of aliphatic imine (C=N–C) groups is 1. The van der Waals surface area contributed by atoms with Crippen molar-refractivity contribution >= 4 is 58.1 Å². The zero-order valence-electron chi connectivity index (χ0n) is 19.1. The van der Waals surface area contributed by atoms with E-state index in [4.69, 9.17) is 40.4 Å². The molecule has 0 unspecified atom stereocenters. The van der Waals surface area contributed by atoms with E-state index in [2.05, 4.69) is 37.1 Å². The highest BCUT2D eigenvalue weighted by molar-refractivity contribution is 7.80. The van der Waals surface area contributed by atoms with Crippen LogP contribution in [-0.4, -0.2) is 27.6 Å². The van der Waals surface area contributed by atoms with Gasteiger partial charge in [-0.25, -0.2) is 0 Å². The van der Waals surface area contributed by atoms with Gasteiger partial charge in [-0.2, -0.15) is 0 Å². The fourth-order valence-corrected chi connectivity index (χ4v) is 5.49. The normalized spacial score (nSPS) is 20.2. The van der Waals surface area contributed by atoms with Gasteiger partial charge in [-0.05, 0) is 60.3 Å². The van der Waals surface area contributed by atoms with Gasteiger partial charge in [-0.3, -0.25) is 4.99 Å². The van der Waals surface area contributed by atoms with Gasteiger partial charge < -0.3 is 15.3 Å². The van der Waals surface area contributed by atoms with Crippen LogP contribution in [0, 0.1) is 5.41 Å². The predicted molar refractivity (Wildman–Crippen MR) is 144 cm³/mol. The summed E-state index contributed by atoms with van der Waals surface area (Å²) in [6.45, 7) is 6.53. The van der Waals surface area contributed by atoms with Crippen molar-refractivity contribution in [1.29, 1.82) is 0 Å². The maximum absolute atomic E-state index is 10.1. The van der Waals surface area contributed by atoms with E-state index in [9.17, 15) is 5.11 Å². The zero-order valence-corrected chi connectivity index (χ0v) is 21.4. The lowest BCUT2D eigenvalue weighted by Crippen LogP contribution is -2.48. The van der Waals surface area contributed by atoms with Crippen LogP contribution >= 0.6 is 35.4 Å². The van der Waals surface area contributed by atoms with Crippen LogP contribution in [0.1, 0.15) is 52.0 Å². The number of nitrogens with zero attached hydrogens (tertiary/aromatic N) is 2. The first-order valence-electron chi connectivity index (χ1n) is 11.2. The molecule has 0 aromatic heterocycles. The summed E-state index contributed by atoms with van der Waals surface area (Å²) in [5.74, 6) is 1.13. The van der Waals surface area contributed by atoms with E-state index in [0.29, 0.717) is 15.2 Å². The molecule has 2 aromatic carbocycles. The SMILES string of the molecule is CC(C)(C)[C@@H](/C=C/c1ccc(Cl)cc1Cl)N=C1NC(=S)N(c2cccc(O)c2)C12CCCC2. The fraction of sp³-hybridized carbons (Fsp3) is 0.385. The number of thiocarbonyl (C=S) groups is 1. The molecule has 1 spiro atoms. The van der Waals surface area contributed by atoms with E-state index < -0.39 is 0 Å². The summed E-state index contributed by atoms with van der Waals surface area (Å²) in [6, 6.07) is 12.7. The molecule has 2 aliphatic rings. The van der Waals surface area contributed by atoms with Gasteiger partial charge in [-0.15, -0.1) is 0 Å². The Hall–Kier alpha value is -2.08. The van der Waals surface area contributed by atoms with Gasteiger partial charge in [-0.1, -0.05) is 81.1 Å². The number of anilines is 1. The molecule has 1 saturated heterocycles. The Morgan fingerprint density at radius 2 is 1.88 bits per heavy atom. The molecule has 4 rings (SSSR count). The van der Waals surface area contributed by atoms with Gasteiger partial charge in [0, 0.05) is 21.8 Å². The van der Waals surface area contributed by atoms with Crippen molar-refractivity contribution in [2.24, 2.45) is 10.4 Å². The summed E-state index contributed by atoms with van der Waals surface area (Å²) in [5.41, 5.74) is 1.35. The lowest BCUT2D eigenvalue weighted by atomic mass is 9.86. The number of hydrogen-bond acceptors (Lipinski definition) is 3. The average Bonchev–Trinajstić information content (AvgIpc) is 3.31. The molecule has 1 aliphatic heterocycles. The van der Waals surface area contributed by atoms with Crippen LogP contribution in [0.5, 0.6) is 5.75 Å². The van der Waals surface area contributed by atoms with Crippen LogP contribution in [0.15, 0.2) is 53.5 Å². The van der Waals surface area contributed by atoms with Crippen LogP contribution in [0.4, 0.5) is 5.69 Å². The molecule has 2 fully saturated rings. The molecule has 33 heavy (non-hydrogen) atoms. The van der Waals surface area contributed by atoms with Gasteiger partial charge in [0.2, 0.25) is 0 Å². The Morgan fingerprint density at radius 1 is 1.15 bits per heavy atom. The minimum atomic E-state index is -0.319. The predicted octanol–water partition coefficient (Wildman–Crippen LogP) is 7.23. The van der Waals surface area contributed by atoms with E-state index in [1.807, 2.05) is 30.3 Å². The second-order valence-corrected chi connectivity index (χ2v) is 11.1. The molecule has 1 atom stereocenters. The van der Waals surface area contributed by atoms with Crippen molar-refractivity contribution in [1.82, 2.24) is 5.32 Å². The highest BCUT2D eigenvalue weighted by Gasteiger charge is 2.51. The van der Waals surface area contributed by atoms with E-state index in [1.165, 1.54) is 0 Å². The Balaban J connectivity index is 1.74. The van der Waals surface area contributed by atoms with Gasteiger partial charge in [0.25, 0.3) is 0 Å². The van der Waals surface area contributed by atoms with Crippen LogP contribution in [-0.2, 0) is 0 Å². The van der Waals surface area contributed by atoms with E-state index in [0.717, 1.165) is 42.8 Å². The first kappa shape index (κ1) is 24.1. The third-order valence-electron chi connectivity index (χ3n) is 6.39. The average molecular weight is 503 g/mol. The highest BCUT2D eigenvalue weighted by Crippen LogP contribution is 2.43. The molecule has 2 aromatic rings. The molecule has 1 aliphatic carbocycles. The number of benzene rings is 2. The highest BCUT2D eigenvalue weighted by atomic mass is 35.5. The van der Waals surface area contributed by atoms with E-state index in [-0.39, 0.29) is 22.7 Å². The van der Waals surface area contributed by atoms with Crippen molar-refractivity contribution in [2.45, 2.75) is 58.0 Å². The molecule has 174 valence electrons. The third kappa shape index (κ3) is 4.91. The first-order valence-corrected chi connectivity index (χ1v) is 12.4. The number of phenols is 1. The topological polar surface area (TPSA) is 47.9 Å². The summed E-state index contributed by atoms with van der Waals surface area (Å²) in [7, 11) is 0. The quantitative estimate of drug-likeness (QED) is 0.433. The van der Waals surface area contributed by atoms with Crippen LogP contribution in [0.3, 0.4) is 0 Å². The lowest BCUT2D eigenvalue weighted by Gasteiger charge is -2.35. The fourth-order valence-electron chi connectivity index (χ4n) is 4.64. The van der Waals surface area contributed by atoms with Crippen LogP contribution in [0.25, 0.3) is 6.08 Å². The zero-order chi connectivity index (χ0) is 23.8. The lowest BCUT2D eigenvalue weighted by molar-refractivity contribution is 0.366. The molecule has 0 amide bonds. The summed E-state index contributed by atoms with van der Waals surface area (Å²) in [4.78, 5) is 7.40. The molecule has 0 radical (unpaired) electrons. The second-order valence-electron chi connectivity index (χ2n) is 9.84. The first-order chi connectivity index (χ1) is 15.6. The molecule has 2 N–H and O–H groups in total. The largest absolute Gasteiger partial charge is 0.508 e. The number of rotatable bonds is 4. The molecule has 4 nitrogen and oxygen atoms in total. The van der Waals surface area contributed by atoms with Crippen LogP contribution < -0.4 is 10.2 Å². The standard InChI is InChI=1S/C26H29Cl2N3OS/c1-25(2,3)22(12-10-17-9-11-18(27)15-21(17)28)29-23-26(13-4-5-14-26)31(24(33)30-23)19-7-6-8-20(32)16-19/h6-12,15-16,22,32H,4-5,13-14H2,1-3H3,(H,29,30,33)/b12-10+/t22-/m1/s1. The van der Waals surface area contributed by atoms with Gasteiger partial charge in [0.15, 0.2) is 5.11 Å². The molecule has 0 bridgehead atoms. The molecular formula is C26H29Cl2N3OS. The Kier molecular flexibility index (Phi) is 6.77.